The minimum absolute atomic E-state index is 1.18. The Morgan fingerprint density at radius 1 is 1.11 bits per heavy atom. The van der Waals surface area contributed by atoms with Gasteiger partial charge in [-0.1, -0.05) is 48.3 Å². The Balaban J connectivity index is 2.60. The first kappa shape index (κ1) is 9.54. The highest BCUT2D eigenvalue weighted by atomic mass is 79.9. The summed E-state index contributed by atoms with van der Waals surface area (Å²) in [7, 11) is 1.36. The Hall–Kier alpha value is 0.545. The van der Waals surface area contributed by atoms with E-state index in [0.717, 1.165) is 0 Å². The predicted molar refractivity (Wildman–Crippen MR) is 50.1 cm³/mol. The number of hydrogen-bond donors (Lipinski definition) is 0. The summed E-state index contributed by atoms with van der Waals surface area (Å²) in [6.45, 7) is 2.25. The van der Waals surface area contributed by atoms with E-state index in [1.165, 1.54) is 44.6 Å². The normalized spacial score (nSPS) is 9.56. The second kappa shape index (κ2) is 8.54. The van der Waals surface area contributed by atoms with Gasteiger partial charge in [0, 0.05) is 5.33 Å². The van der Waals surface area contributed by atoms with Crippen LogP contribution in [0.1, 0.15) is 25.7 Å². The molecule has 0 fully saturated rings. The molecule has 0 aromatic heterocycles. The minimum atomic E-state index is 1.18. The Bertz CT molecular complexity index is 42.2. The number of halogens is 1. The van der Waals surface area contributed by atoms with Crippen LogP contribution in [-0.4, -0.2) is 12.6 Å². The van der Waals surface area contributed by atoms with Gasteiger partial charge in [0.25, 0.3) is 0 Å². The molecule has 0 radical (unpaired) electrons. The lowest BCUT2D eigenvalue weighted by Gasteiger charge is -1.94. The molecule has 0 aliphatic rings. The molecular weight excluding hydrogens is 175 g/mol. The highest BCUT2D eigenvalue weighted by molar-refractivity contribution is 9.09. The summed E-state index contributed by atoms with van der Waals surface area (Å²) < 4.78 is 0. The largest absolute Gasteiger partial charge is 0.117 e. The molecule has 0 unspecified atom stereocenters. The zero-order valence-electron chi connectivity index (χ0n) is 6.33. The van der Waals surface area contributed by atoms with E-state index in [1.807, 2.05) is 0 Å². The fourth-order valence-electron chi connectivity index (χ4n) is 0.875. The van der Waals surface area contributed by atoms with E-state index >= 15 is 0 Å². The fourth-order valence-corrected chi connectivity index (χ4v) is 1.27. The van der Waals surface area contributed by atoms with Gasteiger partial charge in [-0.3, -0.25) is 0 Å². The summed E-state index contributed by atoms with van der Waals surface area (Å²) in [6.07, 6.45) is 7.04. The van der Waals surface area contributed by atoms with Crippen LogP contribution in [0, 0.1) is 0 Å². The van der Waals surface area contributed by atoms with E-state index < -0.39 is 0 Å². The lowest BCUT2D eigenvalue weighted by Crippen LogP contribution is -1.82. The fraction of sp³-hybridized carbons (Fsp3) is 1.00. The van der Waals surface area contributed by atoms with Gasteiger partial charge in [-0.05, 0) is 6.42 Å². The van der Waals surface area contributed by atoms with Crippen molar-refractivity contribution in [3.63, 3.8) is 0 Å². The summed E-state index contributed by atoms with van der Waals surface area (Å²) in [5.74, 6) is 0. The van der Waals surface area contributed by atoms with Gasteiger partial charge in [0.2, 0.25) is 0 Å². The van der Waals surface area contributed by atoms with Gasteiger partial charge >= 0.3 is 0 Å². The van der Waals surface area contributed by atoms with Crippen molar-refractivity contribution in [3.8, 4) is 0 Å². The van der Waals surface area contributed by atoms with Gasteiger partial charge < -0.3 is 0 Å². The third kappa shape index (κ3) is 8.54. The molecule has 0 spiro atoms. The molecule has 0 atom stereocenters. The topological polar surface area (TPSA) is 0 Å². The van der Waals surface area contributed by atoms with Crippen LogP contribution in [0.3, 0.4) is 0 Å². The molecule has 54 valence electrons. The molecule has 0 aliphatic carbocycles. The van der Waals surface area contributed by atoms with Crippen LogP contribution in [0.4, 0.5) is 0 Å². The van der Waals surface area contributed by atoms with Crippen molar-refractivity contribution < 1.29 is 0 Å². The Morgan fingerprint density at radius 3 is 2.33 bits per heavy atom. The standard InChI is InChI=1S/C7H16BBr/c1-8-6-4-2-3-5-7-9/h8H,2-7H2,1H3. The summed E-state index contributed by atoms with van der Waals surface area (Å²) in [6, 6.07) is 0. The average molecular weight is 191 g/mol. The molecule has 0 amide bonds. The maximum absolute atomic E-state index is 3.42. The SMILES string of the molecule is CBCCCCCCBr. The van der Waals surface area contributed by atoms with E-state index in [0.29, 0.717) is 0 Å². The quantitative estimate of drug-likeness (QED) is 0.344. The van der Waals surface area contributed by atoms with Crippen molar-refractivity contribution in [1.29, 1.82) is 0 Å². The van der Waals surface area contributed by atoms with Crippen LogP contribution in [-0.2, 0) is 0 Å². The molecule has 0 saturated heterocycles. The van der Waals surface area contributed by atoms with Crippen molar-refractivity contribution in [2.75, 3.05) is 5.33 Å². The Morgan fingerprint density at radius 2 is 1.78 bits per heavy atom. The van der Waals surface area contributed by atoms with Gasteiger partial charge in [-0.2, -0.15) is 0 Å². The van der Waals surface area contributed by atoms with Crippen LogP contribution in [0.15, 0.2) is 0 Å². The van der Waals surface area contributed by atoms with Crippen LogP contribution >= 0.6 is 15.9 Å². The summed E-state index contributed by atoms with van der Waals surface area (Å²) in [5, 5.41) is 1.18. The van der Waals surface area contributed by atoms with Gasteiger partial charge in [-0.15, -0.1) is 0 Å². The minimum Gasteiger partial charge on any atom is -0.0928 e. The van der Waals surface area contributed by atoms with Crippen LogP contribution in [0.25, 0.3) is 0 Å². The van der Waals surface area contributed by atoms with Crippen molar-refractivity contribution in [2.45, 2.75) is 38.8 Å². The van der Waals surface area contributed by atoms with E-state index in [2.05, 4.69) is 22.8 Å². The average Bonchev–Trinajstić information content (AvgIpc) is 1.89. The number of rotatable bonds is 6. The lowest BCUT2D eigenvalue weighted by molar-refractivity contribution is 0.706. The molecule has 0 aromatic rings. The zero-order valence-corrected chi connectivity index (χ0v) is 7.91. The molecule has 0 aliphatic heterocycles. The maximum atomic E-state index is 3.42. The molecule has 2 heteroatoms. The number of hydrogen-bond acceptors (Lipinski definition) is 0. The van der Waals surface area contributed by atoms with Crippen LogP contribution in [0.2, 0.25) is 13.1 Å². The van der Waals surface area contributed by atoms with Crippen molar-refractivity contribution >= 4 is 23.2 Å². The van der Waals surface area contributed by atoms with Gasteiger partial charge in [-0.25, -0.2) is 0 Å². The summed E-state index contributed by atoms with van der Waals surface area (Å²) in [5.41, 5.74) is 0. The zero-order chi connectivity index (χ0) is 6.95. The van der Waals surface area contributed by atoms with Gasteiger partial charge in [0.05, 0.1) is 0 Å². The van der Waals surface area contributed by atoms with Crippen molar-refractivity contribution in [3.05, 3.63) is 0 Å². The lowest BCUT2D eigenvalue weighted by atomic mass is 9.76. The van der Waals surface area contributed by atoms with Crippen molar-refractivity contribution in [2.24, 2.45) is 0 Å². The maximum Gasteiger partial charge on any atom is 0.117 e. The first-order valence-corrected chi connectivity index (χ1v) is 5.10. The Kier molecular flexibility index (Phi) is 9.06. The highest BCUT2D eigenvalue weighted by Crippen LogP contribution is 2.03. The molecule has 0 rings (SSSR count). The molecule has 0 N–H and O–H groups in total. The molecule has 9 heavy (non-hydrogen) atoms. The van der Waals surface area contributed by atoms with Gasteiger partial charge in [0.1, 0.15) is 7.28 Å². The third-order valence-corrected chi connectivity index (χ3v) is 2.05. The third-order valence-electron chi connectivity index (χ3n) is 1.49. The number of alkyl halides is 1. The molecule has 0 aromatic carbocycles. The monoisotopic (exact) mass is 190 g/mol. The van der Waals surface area contributed by atoms with E-state index in [4.69, 9.17) is 0 Å². The Labute approximate surface area is 67.8 Å². The van der Waals surface area contributed by atoms with Crippen LogP contribution in [0.5, 0.6) is 0 Å². The first-order chi connectivity index (χ1) is 4.41. The molecule has 0 bridgehead atoms. The molecule has 0 heterocycles. The summed E-state index contributed by atoms with van der Waals surface area (Å²) >= 11 is 3.42. The number of unbranched alkanes of at least 4 members (excludes halogenated alkanes) is 3. The van der Waals surface area contributed by atoms with E-state index in [9.17, 15) is 0 Å². The molecule has 0 saturated carbocycles. The predicted octanol–water partition coefficient (Wildman–Crippen LogP) is 2.84. The second-order valence-corrected chi connectivity index (χ2v) is 3.25. The molecule has 0 nitrogen and oxygen atoms in total. The van der Waals surface area contributed by atoms with Crippen LogP contribution < -0.4 is 0 Å². The molecular formula is C7H16BBr. The smallest absolute Gasteiger partial charge is 0.0928 e. The second-order valence-electron chi connectivity index (χ2n) is 2.46. The van der Waals surface area contributed by atoms with E-state index in [-0.39, 0.29) is 0 Å². The highest BCUT2D eigenvalue weighted by Gasteiger charge is 1.87. The van der Waals surface area contributed by atoms with Gasteiger partial charge in [0.15, 0.2) is 0 Å². The van der Waals surface area contributed by atoms with E-state index in [1.54, 1.807) is 0 Å². The summed E-state index contributed by atoms with van der Waals surface area (Å²) in [4.78, 5) is 0. The first-order valence-electron chi connectivity index (χ1n) is 3.97. The van der Waals surface area contributed by atoms with Crippen molar-refractivity contribution in [1.82, 2.24) is 0 Å².